The van der Waals surface area contributed by atoms with Gasteiger partial charge in [0.2, 0.25) is 0 Å². The van der Waals surface area contributed by atoms with Gasteiger partial charge in [0, 0.05) is 44.5 Å². The summed E-state index contributed by atoms with van der Waals surface area (Å²) in [6.45, 7) is 3.78. The van der Waals surface area contributed by atoms with Gasteiger partial charge in [-0.1, -0.05) is 18.2 Å². The number of benzene rings is 2. The molecule has 0 bridgehead atoms. The molecule has 0 aliphatic carbocycles. The van der Waals surface area contributed by atoms with Crippen LogP contribution in [0.25, 0.3) is 0 Å². The molecule has 1 aliphatic heterocycles. The van der Waals surface area contributed by atoms with Crippen LogP contribution in [-0.4, -0.2) is 65.0 Å². The van der Waals surface area contributed by atoms with Crippen molar-refractivity contribution in [3.8, 4) is 0 Å². The Balaban J connectivity index is 1.59. The number of ether oxygens (including phenoxy) is 1. The summed E-state index contributed by atoms with van der Waals surface area (Å²) in [5.74, 6) is 0.0528. The average molecular weight is 414 g/mol. The summed E-state index contributed by atoms with van der Waals surface area (Å²) >= 11 is 0. The molecular formula is C21H24F2N6O. The third-order valence-electron chi connectivity index (χ3n) is 5.38. The zero-order chi connectivity index (χ0) is 20.9. The number of rotatable bonds is 7. The van der Waals surface area contributed by atoms with E-state index in [1.54, 1.807) is 36.1 Å². The lowest BCUT2D eigenvalue weighted by molar-refractivity contribution is 0.171. The molecule has 0 amide bonds. The van der Waals surface area contributed by atoms with Crippen molar-refractivity contribution in [2.24, 2.45) is 0 Å². The molecule has 7 nitrogen and oxygen atoms in total. The van der Waals surface area contributed by atoms with Crippen molar-refractivity contribution in [3.63, 3.8) is 0 Å². The summed E-state index contributed by atoms with van der Waals surface area (Å²) in [7, 11) is 1.62. The minimum Gasteiger partial charge on any atom is -0.383 e. The molecule has 158 valence electrons. The first-order valence-corrected chi connectivity index (χ1v) is 9.91. The third kappa shape index (κ3) is 4.31. The van der Waals surface area contributed by atoms with E-state index in [-0.39, 0.29) is 11.6 Å². The monoisotopic (exact) mass is 414 g/mol. The lowest BCUT2D eigenvalue weighted by Crippen LogP contribution is -2.48. The molecule has 1 atom stereocenters. The molecule has 0 radical (unpaired) electrons. The highest BCUT2D eigenvalue weighted by molar-refractivity contribution is 5.46. The van der Waals surface area contributed by atoms with E-state index in [0.29, 0.717) is 37.6 Å². The maximum atomic E-state index is 14.8. The molecule has 1 fully saturated rings. The summed E-state index contributed by atoms with van der Waals surface area (Å²) in [5, 5.41) is 12.1. The number of hydrogen-bond acceptors (Lipinski definition) is 6. The van der Waals surface area contributed by atoms with Gasteiger partial charge in [0.05, 0.1) is 13.2 Å². The van der Waals surface area contributed by atoms with E-state index in [2.05, 4.69) is 25.3 Å². The van der Waals surface area contributed by atoms with Crippen molar-refractivity contribution in [1.29, 1.82) is 0 Å². The second-order valence-corrected chi connectivity index (χ2v) is 7.18. The molecule has 1 saturated heterocycles. The fourth-order valence-electron chi connectivity index (χ4n) is 3.83. The number of anilines is 1. The zero-order valence-corrected chi connectivity index (χ0v) is 16.8. The van der Waals surface area contributed by atoms with Gasteiger partial charge in [-0.2, -0.15) is 0 Å². The molecule has 0 saturated carbocycles. The van der Waals surface area contributed by atoms with E-state index >= 15 is 0 Å². The van der Waals surface area contributed by atoms with Crippen LogP contribution >= 0.6 is 0 Å². The molecule has 0 unspecified atom stereocenters. The number of nitrogens with zero attached hydrogens (tertiary/aromatic N) is 6. The third-order valence-corrected chi connectivity index (χ3v) is 5.38. The topological polar surface area (TPSA) is 59.3 Å². The normalized spacial score (nSPS) is 16.0. The Labute approximate surface area is 173 Å². The van der Waals surface area contributed by atoms with E-state index in [4.69, 9.17) is 4.74 Å². The van der Waals surface area contributed by atoms with Gasteiger partial charge in [-0.05, 0) is 40.8 Å². The second kappa shape index (κ2) is 9.27. The molecule has 4 rings (SSSR count). The van der Waals surface area contributed by atoms with E-state index < -0.39 is 6.04 Å². The van der Waals surface area contributed by atoms with Crippen LogP contribution in [0, 0.1) is 11.6 Å². The van der Waals surface area contributed by atoms with Crippen molar-refractivity contribution < 1.29 is 13.5 Å². The van der Waals surface area contributed by atoms with Crippen LogP contribution in [0.1, 0.15) is 17.4 Å². The second-order valence-electron chi connectivity index (χ2n) is 7.18. The molecule has 2 heterocycles. The quantitative estimate of drug-likeness (QED) is 0.592. The van der Waals surface area contributed by atoms with Crippen molar-refractivity contribution in [3.05, 3.63) is 71.6 Å². The van der Waals surface area contributed by atoms with Crippen LogP contribution in [0.15, 0.2) is 48.5 Å². The average Bonchev–Trinajstić information content (AvgIpc) is 3.23. The highest BCUT2D eigenvalue weighted by Crippen LogP contribution is 2.30. The molecule has 0 N–H and O–H groups in total. The van der Waals surface area contributed by atoms with Crippen LogP contribution < -0.4 is 4.90 Å². The van der Waals surface area contributed by atoms with Gasteiger partial charge in [-0.15, -0.1) is 5.10 Å². The predicted molar refractivity (Wildman–Crippen MR) is 108 cm³/mol. The smallest absolute Gasteiger partial charge is 0.173 e. The number of aromatic nitrogens is 4. The number of hydrogen-bond donors (Lipinski definition) is 0. The van der Waals surface area contributed by atoms with E-state index in [1.807, 2.05) is 6.07 Å². The number of halogens is 2. The van der Waals surface area contributed by atoms with Crippen molar-refractivity contribution in [1.82, 2.24) is 25.1 Å². The van der Waals surface area contributed by atoms with Gasteiger partial charge in [0.1, 0.15) is 17.7 Å². The van der Waals surface area contributed by atoms with Crippen molar-refractivity contribution in [2.75, 3.05) is 44.8 Å². The lowest BCUT2D eigenvalue weighted by Gasteiger charge is -2.40. The minimum atomic E-state index is -0.409. The highest BCUT2D eigenvalue weighted by Gasteiger charge is 2.32. The maximum absolute atomic E-state index is 14.8. The molecule has 9 heteroatoms. The van der Waals surface area contributed by atoms with E-state index in [1.165, 1.54) is 18.2 Å². The fourth-order valence-corrected chi connectivity index (χ4v) is 3.83. The zero-order valence-electron chi connectivity index (χ0n) is 16.8. The minimum absolute atomic E-state index is 0.250. The summed E-state index contributed by atoms with van der Waals surface area (Å²) in [6, 6.07) is 12.8. The maximum Gasteiger partial charge on any atom is 0.173 e. The highest BCUT2D eigenvalue weighted by atomic mass is 19.1. The summed E-state index contributed by atoms with van der Waals surface area (Å²) in [6.07, 6.45) is 0. The van der Waals surface area contributed by atoms with Gasteiger partial charge in [-0.3, -0.25) is 4.90 Å². The van der Waals surface area contributed by atoms with Crippen molar-refractivity contribution in [2.45, 2.75) is 12.6 Å². The first-order valence-electron chi connectivity index (χ1n) is 9.91. The standard InChI is InChI=1S/C21H24F2N6O/c1-30-15-14-29-21(24-25-26-29)20(18-4-2-3-5-19(18)23)28-12-10-27(11-13-28)17-8-6-16(22)7-9-17/h2-9,20H,10-15H2,1H3/t20-/m0/s1. The Bertz CT molecular complexity index is 956. The molecular weight excluding hydrogens is 390 g/mol. The Kier molecular flexibility index (Phi) is 6.29. The Morgan fingerprint density at radius 2 is 1.73 bits per heavy atom. The fraction of sp³-hybridized carbons (Fsp3) is 0.381. The van der Waals surface area contributed by atoms with Crippen molar-refractivity contribution >= 4 is 5.69 Å². The van der Waals surface area contributed by atoms with E-state index in [0.717, 1.165) is 18.8 Å². The van der Waals surface area contributed by atoms with Gasteiger partial charge in [0.25, 0.3) is 0 Å². The van der Waals surface area contributed by atoms with Gasteiger partial charge in [0.15, 0.2) is 5.82 Å². The number of tetrazole rings is 1. The molecule has 1 aliphatic rings. The van der Waals surface area contributed by atoms with Crippen LogP contribution in [0.5, 0.6) is 0 Å². The van der Waals surface area contributed by atoms with Gasteiger partial charge in [-0.25, -0.2) is 13.5 Å². The molecule has 30 heavy (non-hydrogen) atoms. The molecule has 0 spiro atoms. The largest absolute Gasteiger partial charge is 0.383 e. The Hall–Kier alpha value is -2.91. The summed E-state index contributed by atoms with van der Waals surface area (Å²) in [4.78, 5) is 4.38. The first-order chi connectivity index (χ1) is 14.7. The summed E-state index contributed by atoms with van der Waals surface area (Å²) in [5.41, 5.74) is 1.52. The van der Waals surface area contributed by atoms with E-state index in [9.17, 15) is 8.78 Å². The Morgan fingerprint density at radius 1 is 1.00 bits per heavy atom. The summed E-state index contributed by atoms with van der Waals surface area (Å²) < 4.78 is 34.8. The van der Waals surface area contributed by atoms with Crippen LogP contribution in [-0.2, 0) is 11.3 Å². The molecule has 2 aromatic carbocycles. The van der Waals surface area contributed by atoms with Crippen LogP contribution in [0.2, 0.25) is 0 Å². The number of methoxy groups -OCH3 is 1. The lowest BCUT2D eigenvalue weighted by atomic mass is 10.0. The number of piperazine rings is 1. The van der Waals surface area contributed by atoms with Gasteiger partial charge < -0.3 is 9.64 Å². The van der Waals surface area contributed by atoms with Crippen LogP contribution in [0.4, 0.5) is 14.5 Å². The van der Waals surface area contributed by atoms with Crippen LogP contribution in [0.3, 0.4) is 0 Å². The van der Waals surface area contributed by atoms with Gasteiger partial charge >= 0.3 is 0 Å². The molecule has 1 aromatic heterocycles. The Morgan fingerprint density at radius 3 is 2.43 bits per heavy atom. The first kappa shape index (κ1) is 20.4. The SMILES string of the molecule is COCCn1nnnc1[C@H](c1ccccc1F)N1CCN(c2ccc(F)cc2)CC1. The molecule has 3 aromatic rings. The predicted octanol–water partition coefficient (Wildman–Crippen LogP) is 2.51.